The van der Waals surface area contributed by atoms with Gasteiger partial charge >= 0.3 is 23.9 Å². The van der Waals surface area contributed by atoms with Crippen molar-refractivity contribution in [3.8, 4) is 11.5 Å². The van der Waals surface area contributed by atoms with Crippen LogP contribution in [0, 0.1) is 0 Å². The van der Waals surface area contributed by atoms with E-state index in [1.807, 2.05) is 0 Å². The molecule has 0 fully saturated rings. The SMILES string of the molecule is O=C(O)c1ccc(OC2=CC=CC(Oc3ccc(C(=O)O)c(C(=O)O)c3)C2)cc1C(=O)O. The third-order valence-corrected chi connectivity index (χ3v) is 4.45. The largest absolute Gasteiger partial charge is 0.486 e. The molecule has 0 bridgehead atoms. The molecule has 0 saturated carbocycles. The van der Waals surface area contributed by atoms with Gasteiger partial charge in [0.15, 0.2) is 0 Å². The van der Waals surface area contributed by atoms with Crippen molar-refractivity contribution < 1.29 is 49.1 Å². The lowest BCUT2D eigenvalue weighted by Gasteiger charge is -2.21. The summed E-state index contributed by atoms with van der Waals surface area (Å²) in [6, 6.07) is 7.15. The lowest BCUT2D eigenvalue weighted by Crippen LogP contribution is -2.19. The van der Waals surface area contributed by atoms with E-state index in [-0.39, 0.29) is 29.0 Å². The highest BCUT2D eigenvalue weighted by molar-refractivity contribution is 6.02. The first kappa shape index (κ1) is 22.1. The molecule has 0 saturated heterocycles. The smallest absolute Gasteiger partial charge is 0.336 e. The summed E-state index contributed by atoms with van der Waals surface area (Å²) in [7, 11) is 0. The van der Waals surface area contributed by atoms with E-state index in [4.69, 9.17) is 19.7 Å². The highest BCUT2D eigenvalue weighted by Gasteiger charge is 2.21. The van der Waals surface area contributed by atoms with E-state index in [9.17, 15) is 29.4 Å². The number of carboxylic acid groups (broad SMARTS) is 4. The van der Waals surface area contributed by atoms with Crippen molar-refractivity contribution in [2.45, 2.75) is 12.5 Å². The van der Waals surface area contributed by atoms with E-state index in [0.29, 0.717) is 5.76 Å². The molecule has 2 aromatic rings. The summed E-state index contributed by atoms with van der Waals surface area (Å²) in [6.07, 6.45) is 4.53. The molecule has 1 atom stereocenters. The Labute approximate surface area is 180 Å². The number of carbonyl (C=O) groups is 4. The number of carboxylic acids is 4. The van der Waals surface area contributed by atoms with Crippen molar-refractivity contribution in [1.29, 1.82) is 0 Å². The molecule has 4 N–H and O–H groups in total. The van der Waals surface area contributed by atoms with Gasteiger partial charge in [-0.2, -0.15) is 0 Å². The van der Waals surface area contributed by atoms with Gasteiger partial charge in [0, 0.05) is 6.42 Å². The van der Waals surface area contributed by atoms with Gasteiger partial charge in [-0.1, -0.05) is 6.08 Å². The summed E-state index contributed by atoms with van der Waals surface area (Å²) >= 11 is 0. The van der Waals surface area contributed by atoms with Crippen molar-refractivity contribution in [2.75, 3.05) is 0 Å². The van der Waals surface area contributed by atoms with E-state index in [1.54, 1.807) is 18.2 Å². The molecule has 0 aromatic heterocycles. The van der Waals surface area contributed by atoms with Crippen LogP contribution in [0.1, 0.15) is 47.9 Å². The number of rotatable bonds is 8. The van der Waals surface area contributed by atoms with E-state index in [1.165, 1.54) is 12.1 Å². The first-order valence-electron chi connectivity index (χ1n) is 9.09. The Morgan fingerprint density at radius 3 is 1.75 bits per heavy atom. The lowest BCUT2D eigenvalue weighted by molar-refractivity contribution is 0.0651. The van der Waals surface area contributed by atoms with E-state index in [0.717, 1.165) is 24.3 Å². The lowest BCUT2D eigenvalue weighted by atomic mass is 10.1. The maximum atomic E-state index is 11.3. The quantitative estimate of drug-likeness (QED) is 0.478. The van der Waals surface area contributed by atoms with Crippen molar-refractivity contribution >= 4 is 23.9 Å². The molecule has 0 aliphatic heterocycles. The normalized spacial score (nSPS) is 14.9. The molecule has 10 nitrogen and oxygen atoms in total. The van der Waals surface area contributed by atoms with Crippen LogP contribution in [0.3, 0.4) is 0 Å². The number of aromatic carboxylic acids is 4. The van der Waals surface area contributed by atoms with Gasteiger partial charge in [0.25, 0.3) is 0 Å². The maximum absolute atomic E-state index is 11.3. The minimum Gasteiger partial charge on any atom is -0.486 e. The van der Waals surface area contributed by atoms with Gasteiger partial charge in [-0.25, -0.2) is 19.2 Å². The number of hydrogen-bond donors (Lipinski definition) is 4. The van der Waals surface area contributed by atoms with Crippen molar-refractivity contribution in [2.24, 2.45) is 0 Å². The second-order valence-electron chi connectivity index (χ2n) is 6.62. The standard InChI is InChI=1S/C22H16O10/c23-19(24)15-6-4-13(9-17(15)21(27)28)31-11-2-1-3-12(8-11)32-14-5-7-16(20(25)26)18(10-14)22(29)30/h1-7,9-11H,8H2,(H,23,24)(H,25,26)(H,27,28)(H,29,30). The number of hydrogen-bond acceptors (Lipinski definition) is 6. The van der Waals surface area contributed by atoms with Crippen molar-refractivity contribution in [3.05, 3.63) is 82.6 Å². The summed E-state index contributed by atoms with van der Waals surface area (Å²) < 4.78 is 11.4. The fraction of sp³-hybridized carbons (Fsp3) is 0.0909. The van der Waals surface area contributed by atoms with Crippen LogP contribution in [-0.2, 0) is 0 Å². The molecule has 10 heteroatoms. The highest BCUT2D eigenvalue weighted by atomic mass is 16.5. The Bertz CT molecular complexity index is 1180. The molecule has 164 valence electrons. The summed E-state index contributed by atoms with van der Waals surface area (Å²) in [6.45, 7) is 0. The molecule has 1 aliphatic rings. The molecule has 2 aromatic carbocycles. The van der Waals surface area contributed by atoms with Crippen LogP contribution in [0.25, 0.3) is 0 Å². The van der Waals surface area contributed by atoms with Crippen LogP contribution in [-0.4, -0.2) is 50.4 Å². The first-order chi connectivity index (χ1) is 15.2. The van der Waals surface area contributed by atoms with Crippen LogP contribution in [0.4, 0.5) is 0 Å². The second kappa shape index (κ2) is 9.04. The van der Waals surface area contributed by atoms with Gasteiger partial charge < -0.3 is 29.9 Å². The molecule has 32 heavy (non-hydrogen) atoms. The van der Waals surface area contributed by atoms with Crippen LogP contribution in [0.5, 0.6) is 11.5 Å². The first-order valence-corrected chi connectivity index (χ1v) is 9.09. The fourth-order valence-electron chi connectivity index (χ4n) is 3.01. The summed E-state index contributed by atoms with van der Waals surface area (Å²) in [5.41, 5.74) is -1.58. The van der Waals surface area contributed by atoms with Crippen LogP contribution in [0.15, 0.2) is 60.4 Å². The van der Waals surface area contributed by atoms with Crippen LogP contribution < -0.4 is 9.47 Å². The Kier molecular flexibility index (Phi) is 6.24. The zero-order valence-corrected chi connectivity index (χ0v) is 16.2. The van der Waals surface area contributed by atoms with E-state index in [2.05, 4.69) is 0 Å². The van der Waals surface area contributed by atoms with Gasteiger partial charge in [0.1, 0.15) is 23.4 Å². The van der Waals surface area contributed by atoms with Crippen LogP contribution >= 0.6 is 0 Å². The number of benzene rings is 2. The molecule has 3 rings (SSSR count). The Hall–Kier alpha value is -4.60. The molecule has 0 spiro atoms. The topological polar surface area (TPSA) is 168 Å². The zero-order chi connectivity index (χ0) is 23.4. The van der Waals surface area contributed by atoms with Gasteiger partial charge in [-0.15, -0.1) is 0 Å². The average molecular weight is 440 g/mol. The minimum absolute atomic E-state index is 0.117. The predicted molar refractivity (Wildman–Crippen MR) is 108 cm³/mol. The monoisotopic (exact) mass is 440 g/mol. The molecule has 0 heterocycles. The predicted octanol–water partition coefficient (Wildman–Crippen LogP) is 3.15. The van der Waals surface area contributed by atoms with Gasteiger partial charge in [-0.05, 0) is 48.6 Å². The maximum Gasteiger partial charge on any atom is 0.336 e. The number of allylic oxidation sites excluding steroid dienone is 2. The van der Waals surface area contributed by atoms with Gasteiger partial charge in [0.2, 0.25) is 0 Å². The van der Waals surface area contributed by atoms with E-state index >= 15 is 0 Å². The van der Waals surface area contributed by atoms with E-state index < -0.39 is 41.1 Å². The minimum atomic E-state index is -1.41. The van der Waals surface area contributed by atoms with Crippen molar-refractivity contribution in [3.63, 3.8) is 0 Å². The summed E-state index contributed by atoms with van der Waals surface area (Å²) in [4.78, 5) is 45.0. The Balaban J connectivity index is 1.74. The van der Waals surface area contributed by atoms with Gasteiger partial charge in [-0.3, -0.25) is 0 Å². The Morgan fingerprint density at radius 2 is 1.22 bits per heavy atom. The molecular weight excluding hydrogens is 424 g/mol. The fourth-order valence-corrected chi connectivity index (χ4v) is 3.01. The third kappa shape index (κ3) is 4.93. The summed E-state index contributed by atoms with van der Waals surface area (Å²) in [5.74, 6) is -4.93. The molecule has 1 unspecified atom stereocenters. The molecule has 0 radical (unpaired) electrons. The Morgan fingerprint density at radius 1 is 0.719 bits per heavy atom. The second-order valence-corrected chi connectivity index (χ2v) is 6.62. The van der Waals surface area contributed by atoms with Crippen molar-refractivity contribution in [1.82, 2.24) is 0 Å². The average Bonchev–Trinajstić information content (AvgIpc) is 2.73. The third-order valence-electron chi connectivity index (χ3n) is 4.45. The highest BCUT2D eigenvalue weighted by Crippen LogP contribution is 2.26. The molecular formula is C22H16O10. The van der Waals surface area contributed by atoms with Gasteiger partial charge in [0.05, 0.1) is 22.3 Å². The van der Waals surface area contributed by atoms with Crippen LogP contribution in [0.2, 0.25) is 0 Å². The number of ether oxygens (including phenoxy) is 2. The molecule has 0 amide bonds. The summed E-state index contributed by atoms with van der Waals surface area (Å²) in [5, 5.41) is 36.6. The molecule has 1 aliphatic carbocycles. The zero-order valence-electron chi connectivity index (χ0n) is 16.2.